The van der Waals surface area contributed by atoms with Gasteiger partial charge in [0.25, 0.3) is 0 Å². The Morgan fingerprint density at radius 2 is 2.00 bits per heavy atom. The van der Waals surface area contributed by atoms with E-state index < -0.39 is 0 Å². The van der Waals surface area contributed by atoms with Crippen molar-refractivity contribution < 1.29 is 0 Å². The number of aromatic nitrogens is 1. The van der Waals surface area contributed by atoms with Gasteiger partial charge in [-0.3, -0.25) is 0 Å². The monoisotopic (exact) mass is 297 g/mol. The number of nitrogens with zero attached hydrogens (tertiary/aromatic N) is 3. The zero-order valence-corrected chi connectivity index (χ0v) is 12.6. The van der Waals surface area contributed by atoms with E-state index in [9.17, 15) is 0 Å². The Kier molecular flexibility index (Phi) is 3.81. The van der Waals surface area contributed by atoms with Crippen molar-refractivity contribution in [2.45, 2.75) is 25.3 Å². The van der Waals surface area contributed by atoms with Crippen molar-refractivity contribution in [3.05, 3.63) is 58.2 Å². The zero-order valence-electron chi connectivity index (χ0n) is 11.9. The Morgan fingerprint density at radius 3 is 2.76 bits per heavy atom. The zero-order chi connectivity index (χ0) is 14.8. The van der Waals surface area contributed by atoms with Gasteiger partial charge in [-0.05, 0) is 42.5 Å². The lowest BCUT2D eigenvalue weighted by Crippen LogP contribution is -2.37. The van der Waals surface area contributed by atoms with Crippen molar-refractivity contribution in [2.24, 2.45) is 0 Å². The fourth-order valence-electron chi connectivity index (χ4n) is 2.90. The third-order valence-electron chi connectivity index (χ3n) is 4.17. The molecule has 0 aliphatic heterocycles. The lowest BCUT2D eigenvalue weighted by atomic mass is 9.88. The van der Waals surface area contributed by atoms with Gasteiger partial charge in [-0.2, -0.15) is 5.26 Å². The minimum atomic E-state index is 0.289. The molecule has 0 amide bonds. The van der Waals surface area contributed by atoms with Crippen LogP contribution in [0.1, 0.15) is 23.2 Å². The van der Waals surface area contributed by atoms with Crippen LogP contribution in [-0.2, 0) is 12.8 Å². The number of hydrogen-bond donors (Lipinski definition) is 0. The van der Waals surface area contributed by atoms with Gasteiger partial charge >= 0.3 is 0 Å². The number of fused-ring (bicyclic) bond motifs is 1. The molecule has 1 atom stereocenters. The standard InChI is InChI=1S/C17H16ClN3/c1-21(17-9-8-15(18)16(11-19)20-17)14-7-6-12-4-2-3-5-13(12)10-14/h2-5,8-9,14H,6-7,10H2,1H3. The molecule has 0 spiro atoms. The molecule has 1 aromatic carbocycles. The Hall–Kier alpha value is -2.05. The van der Waals surface area contributed by atoms with E-state index >= 15 is 0 Å². The Labute approximate surface area is 129 Å². The topological polar surface area (TPSA) is 39.9 Å². The molecule has 3 nitrogen and oxygen atoms in total. The van der Waals surface area contributed by atoms with Gasteiger partial charge in [0.1, 0.15) is 11.9 Å². The van der Waals surface area contributed by atoms with Crippen molar-refractivity contribution in [2.75, 3.05) is 11.9 Å². The first-order valence-electron chi connectivity index (χ1n) is 7.05. The first-order valence-corrected chi connectivity index (χ1v) is 7.43. The van der Waals surface area contributed by atoms with Crippen LogP contribution in [0.3, 0.4) is 0 Å². The molecule has 1 unspecified atom stereocenters. The minimum Gasteiger partial charge on any atom is -0.356 e. The molecule has 2 aromatic rings. The number of pyridine rings is 1. The molecule has 3 rings (SSSR count). The van der Waals surface area contributed by atoms with E-state index in [-0.39, 0.29) is 5.69 Å². The van der Waals surface area contributed by atoms with Crippen molar-refractivity contribution in [1.82, 2.24) is 4.98 Å². The average Bonchev–Trinajstić information content (AvgIpc) is 2.54. The fourth-order valence-corrected chi connectivity index (χ4v) is 3.05. The van der Waals surface area contributed by atoms with Gasteiger partial charge in [0.15, 0.2) is 5.69 Å². The maximum atomic E-state index is 9.05. The van der Waals surface area contributed by atoms with Gasteiger partial charge in [0.2, 0.25) is 0 Å². The van der Waals surface area contributed by atoms with E-state index in [1.165, 1.54) is 11.1 Å². The molecule has 0 fully saturated rings. The number of anilines is 1. The molecule has 106 valence electrons. The molecular formula is C17H16ClN3. The van der Waals surface area contributed by atoms with E-state index in [1.54, 1.807) is 6.07 Å². The number of rotatable bonds is 2. The van der Waals surface area contributed by atoms with E-state index in [0.29, 0.717) is 11.1 Å². The molecule has 0 N–H and O–H groups in total. The number of hydrogen-bond acceptors (Lipinski definition) is 3. The van der Waals surface area contributed by atoms with Gasteiger partial charge in [-0.25, -0.2) is 4.98 Å². The highest BCUT2D eigenvalue weighted by molar-refractivity contribution is 6.31. The largest absolute Gasteiger partial charge is 0.356 e. The van der Waals surface area contributed by atoms with Gasteiger partial charge in [-0.15, -0.1) is 0 Å². The normalized spacial score (nSPS) is 16.9. The fraction of sp³-hybridized carbons (Fsp3) is 0.294. The van der Waals surface area contributed by atoms with Gasteiger partial charge < -0.3 is 4.90 Å². The van der Waals surface area contributed by atoms with E-state index in [4.69, 9.17) is 16.9 Å². The number of benzene rings is 1. The quantitative estimate of drug-likeness (QED) is 0.850. The SMILES string of the molecule is CN(c1ccc(Cl)c(C#N)n1)C1CCc2ccccc2C1. The maximum Gasteiger partial charge on any atom is 0.161 e. The van der Waals surface area contributed by atoms with Gasteiger partial charge in [-0.1, -0.05) is 35.9 Å². The van der Waals surface area contributed by atoms with Crippen LogP contribution in [0, 0.1) is 11.3 Å². The maximum absolute atomic E-state index is 9.05. The van der Waals surface area contributed by atoms with Crippen molar-refractivity contribution in [3.8, 4) is 6.07 Å². The summed E-state index contributed by atoms with van der Waals surface area (Å²) in [7, 11) is 2.04. The van der Waals surface area contributed by atoms with Crippen LogP contribution < -0.4 is 4.90 Å². The molecule has 0 radical (unpaired) electrons. The van der Waals surface area contributed by atoms with Crippen LogP contribution in [0.25, 0.3) is 0 Å². The summed E-state index contributed by atoms with van der Waals surface area (Å²) in [6.07, 6.45) is 3.20. The van der Waals surface area contributed by atoms with E-state index in [0.717, 1.165) is 25.1 Å². The molecular weight excluding hydrogens is 282 g/mol. The molecule has 21 heavy (non-hydrogen) atoms. The third-order valence-corrected chi connectivity index (χ3v) is 4.47. The second-order valence-electron chi connectivity index (χ2n) is 5.39. The van der Waals surface area contributed by atoms with Crippen LogP contribution in [-0.4, -0.2) is 18.1 Å². The lowest BCUT2D eigenvalue weighted by molar-refractivity contribution is 0.544. The molecule has 0 saturated carbocycles. The van der Waals surface area contributed by atoms with Crippen LogP contribution in [0.2, 0.25) is 5.02 Å². The highest BCUT2D eigenvalue weighted by Gasteiger charge is 2.23. The summed E-state index contributed by atoms with van der Waals surface area (Å²) in [6, 6.07) is 14.7. The predicted molar refractivity (Wildman–Crippen MR) is 84.6 cm³/mol. The second-order valence-corrected chi connectivity index (χ2v) is 5.80. The molecule has 0 saturated heterocycles. The molecule has 1 aliphatic carbocycles. The van der Waals surface area contributed by atoms with Crippen molar-refractivity contribution in [3.63, 3.8) is 0 Å². The van der Waals surface area contributed by atoms with Crippen molar-refractivity contribution >= 4 is 17.4 Å². The molecule has 1 aromatic heterocycles. The molecule has 0 bridgehead atoms. The van der Waals surface area contributed by atoms with E-state index in [1.807, 2.05) is 19.2 Å². The Balaban J connectivity index is 1.84. The first kappa shape index (κ1) is 13.9. The summed E-state index contributed by atoms with van der Waals surface area (Å²) in [5.74, 6) is 0.806. The smallest absolute Gasteiger partial charge is 0.161 e. The molecule has 1 heterocycles. The van der Waals surface area contributed by atoms with E-state index in [2.05, 4.69) is 34.1 Å². The summed E-state index contributed by atoms with van der Waals surface area (Å²) < 4.78 is 0. The lowest BCUT2D eigenvalue weighted by Gasteiger charge is -2.33. The minimum absolute atomic E-state index is 0.289. The van der Waals surface area contributed by atoms with Crippen LogP contribution in [0.15, 0.2) is 36.4 Å². The van der Waals surface area contributed by atoms with Crippen molar-refractivity contribution in [1.29, 1.82) is 5.26 Å². The average molecular weight is 298 g/mol. The van der Waals surface area contributed by atoms with Gasteiger partial charge in [0, 0.05) is 13.1 Å². The number of likely N-dealkylation sites (N-methyl/N-ethyl adjacent to an activating group) is 1. The summed E-state index contributed by atoms with van der Waals surface area (Å²) in [5.41, 5.74) is 3.15. The highest BCUT2D eigenvalue weighted by atomic mass is 35.5. The summed E-state index contributed by atoms with van der Waals surface area (Å²) in [6.45, 7) is 0. The first-order chi connectivity index (χ1) is 10.2. The van der Waals surface area contributed by atoms with Crippen LogP contribution in [0.5, 0.6) is 0 Å². The highest BCUT2D eigenvalue weighted by Crippen LogP contribution is 2.27. The summed E-state index contributed by atoms with van der Waals surface area (Å²) in [4.78, 5) is 6.51. The molecule has 4 heteroatoms. The van der Waals surface area contributed by atoms with Crippen LogP contribution >= 0.6 is 11.6 Å². The summed E-state index contributed by atoms with van der Waals surface area (Å²) in [5, 5.41) is 9.46. The Morgan fingerprint density at radius 1 is 1.24 bits per heavy atom. The summed E-state index contributed by atoms with van der Waals surface area (Å²) >= 11 is 5.95. The second kappa shape index (κ2) is 5.75. The van der Waals surface area contributed by atoms with Crippen LogP contribution in [0.4, 0.5) is 5.82 Å². The van der Waals surface area contributed by atoms with Gasteiger partial charge in [0.05, 0.1) is 5.02 Å². The molecule has 1 aliphatic rings. The number of aryl methyl sites for hydroxylation is 1. The Bertz CT molecular complexity index is 705. The third kappa shape index (κ3) is 2.72. The predicted octanol–water partition coefficient (Wildman–Crippen LogP) is 3.60. The number of nitriles is 1. The number of halogens is 1.